The smallest absolute Gasteiger partial charge is 0.192 e. The van der Waals surface area contributed by atoms with Crippen molar-refractivity contribution >= 4 is 22.7 Å². The number of fused-ring (bicyclic) bond motifs is 1. The Morgan fingerprint density at radius 1 is 0.767 bits per heavy atom. The van der Waals surface area contributed by atoms with Crippen LogP contribution in [0, 0.1) is 0 Å². The van der Waals surface area contributed by atoms with Crippen molar-refractivity contribution in [2.45, 2.75) is 17.5 Å². The molecule has 146 valence electrons. The quantitative estimate of drug-likeness (QED) is 0.360. The predicted octanol–water partition coefficient (Wildman–Crippen LogP) is 5.23. The fourth-order valence-electron chi connectivity index (χ4n) is 3.35. The lowest BCUT2D eigenvalue weighted by atomic mass is 10.2. The number of hydrogen-bond acceptors (Lipinski definition) is 5. The number of hydrogen-bond donors (Lipinski definition) is 0. The Hall–Kier alpha value is -3.51. The lowest BCUT2D eigenvalue weighted by Gasteiger charge is -2.10. The fraction of sp³-hybridized carbons (Fsp3) is 0.0833. The van der Waals surface area contributed by atoms with E-state index in [0.717, 1.165) is 38.9 Å². The minimum absolute atomic E-state index is 0.707. The standard InChI is InChI=1S/C24H19N5S/c1-2-6-18(7-3-1)16-29-23(20-12-14-25-15-13-20)27-28-24(29)30-17-21-11-10-19-8-4-5-9-22(19)26-21/h1-15H,16-17H2. The van der Waals surface area contributed by atoms with E-state index >= 15 is 0 Å². The molecule has 3 aromatic heterocycles. The second-order valence-electron chi connectivity index (χ2n) is 6.90. The van der Waals surface area contributed by atoms with E-state index < -0.39 is 0 Å². The van der Waals surface area contributed by atoms with Gasteiger partial charge in [-0.3, -0.25) is 14.5 Å². The fourth-order valence-corrected chi connectivity index (χ4v) is 4.19. The highest BCUT2D eigenvalue weighted by Gasteiger charge is 2.15. The maximum Gasteiger partial charge on any atom is 0.192 e. The average molecular weight is 410 g/mol. The number of thioether (sulfide) groups is 1. The van der Waals surface area contributed by atoms with E-state index in [1.807, 2.05) is 36.4 Å². The van der Waals surface area contributed by atoms with E-state index in [1.54, 1.807) is 24.2 Å². The molecule has 5 nitrogen and oxygen atoms in total. The van der Waals surface area contributed by atoms with Crippen molar-refractivity contribution in [3.8, 4) is 11.4 Å². The van der Waals surface area contributed by atoms with Crippen LogP contribution in [0.1, 0.15) is 11.3 Å². The molecule has 0 aliphatic heterocycles. The molecule has 5 aromatic rings. The molecule has 0 fully saturated rings. The lowest BCUT2D eigenvalue weighted by Crippen LogP contribution is -2.04. The van der Waals surface area contributed by atoms with Crippen molar-refractivity contribution in [2.75, 3.05) is 0 Å². The Kier molecular flexibility index (Phi) is 5.23. The molecule has 0 aliphatic rings. The molecular weight excluding hydrogens is 390 g/mol. The molecule has 2 aromatic carbocycles. The van der Waals surface area contributed by atoms with Crippen molar-refractivity contribution in [2.24, 2.45) is 0 Å². The molecular formula is C24H19N5S. The summed E-state index contributed by atoms with van der Waals surface area (Å²) >= 11 is 1.65. The Bertz CT molecular complexity index is 1270. The molecule has 0 unspecified atom stereocenters. The van der Waals surface area contributed by atoms with Gasteiger partial charge in [-0.2, -0.15) is 0 Å². The zero-order valence-corrected chi connectivity index (χ0v) is 17.0. The number of benzene rings is 2. The van der Waals surface area contributed by atoms with Gasteiger partial charge in [0.05, 0.1) is 17.8 Å². The van der Waals surface area contributed by atoms with Crippen LogP contribution in [0.2, 0.25) is 0 Å². The molecule has 30 heavy (non-hydrogen) atoms. The van der Waals surface area contributed by atoms with Gasteiger partial charge in [0.15, 0.2) is 11.0 Å². The molecule has 0 bridgehead atoms. The first-order chi connectivity index (χ1) is 14.9. The van der Waals surface area contributed by atoms with Gasteiger partial charge >= 0.3 is 0 Å². The Morgan fingerprint density at radius 2 is 1.57 bits per heavy atom. The molecule has 0 saturated carbocycles. The summed E-state index contributed by atoms with van der Waals surface area (Å²) < 4.78 is 2.16. The lowest BCUT2D eigenvalue weighted by molar-refractivity contribution is 0.714. The monoisotopic (exact) mass is 409 g/mol. The third-order valence-corrected chi connectivity index (χ3v) is 5.84. The number of para-hydroxylation sites is 1. The van der Waals surface area contributed by atoms with Gasteiger partial charge in [-0.25, -0.2) is 0 Å². The van der Waals surface area contributed by atoms with Gasteiger partial charge in [0.25, 0.3) is 0 Å². The molecule has 0 aliphatic carbocycles. The highest BCUT2D eigenvalue weighted by molar-refractivity contribution is 7.98. The van der Waals surface area contributed by atoms with E-state index in [-0.39, 0.29) is 0 Å². The van der Waals surface area contributed by atoms with Gasteiger partial charge < -0.3 is 0 Å². The summed E-state index contributed by atoms with van der Waals surface area (Å²) in [5.41, 5.74) is 4.25. The summed E-state index contributed by atoms with van der Waals surface area (Å²) in [4.78, 5) is 8.90. The molecule has 0 amide bonds. The molecule has 3 heterocycles. The van der Waals surface area contributed by atoms with Crippen LogP contribution in [-0.2, 0) is 12.3 Å². The van der Waals surface area contributed by atoms with Crippen molar-refractivity contribution in [3.63, 3.8) is 0 Å². The molecule has 6 heteroatoms. The van der Waals surface area contributed by atoms with Crippen LogP contribution in [0.15, 0.2) is 96.4 Å². The summed E-state index contributed by atoms with van der Waals surface area (Å²) in [6, 6.07) is 26.7. The number of pyridine rings is 2. The topological polar surface area (TPSA) is 56.5 Å². The zero-order chi connectivity index (χ0) is 20.2. The van der Waals surface area contributed by atoms with Crippen LogP contribution in [0.25, 0.3) is 22.3 Å². The number of nitrogens with zero attached hydrogens (tertiary/aromatic N) is 5. The molecule has 0 radical (unpaired) electrons. The Morgan fingerprint density at radius 3 is 2.43 bits per heavy atom. The first-order valence-electron chi connectivity index (χ1n) is 9.72. The second-order valence-corrected chi connectivity index (χ2v) is 7.84. The minimum Gasteiger partial charge on any atom is -0.298 e. The van der Waals surface area contributed by atoms with E-state index in [2.05, 4.69) is 62.2 Å². The average Bonchev–Trinajstić information content (AvgIpc) is 3.21. The highest BCUT2D eigenvalue weighted by atomic mass is 32.2. The van der Waals surface area contributed by atoms with Crippen LogP contribution in [-0.4, -0.2) is 24.7 Å². The summed E-state index contributed by atoms with van der Waals surface area (Å²) in [6.45, 7) is 0.707. The van der Waals surface area contributed by atoms with Crippen molar-refractivity contribution < 1.29 is 0 Å². The van der Waals surface area contributed by atoms with Crippen molar-refractivity contribution in [1.82, 2.24) is 24.7 Å². The largest absolute Gasteiger partial charge is 0.298 e. The van der Waals surface area contributed by atoms with Crippen LogP contribution in [0.5, 0.6) is 0 Å². The van der Waals surface area contributed by atoms with Crippen LogP contribution in [0.4, 0.5) is 0 Å². The van der Waals surface area contributed by atoms with Gasteiger partial charge in [-0.05, 0) is 29.8 Å². The third-order valence-electron chi connectivity index (χ3n) is 4.84. The SMILES string of the molecule is c1ccc(Cn2c(SCc3ccc4ccccc4n3)nnc2-c2ccncc2)cc1. The maximum atomic E-state index is 4.78. The molecule has 0 spiro atoms. The van der Waals surface area contributed by atoms with Gasteiger partial charge in [-0.1, -0.05) is 66.4 Å². The van der Waals surface area contributed by atoms with E-state index in [9.17, 15) is 0 Å². The summed E-state index contributed by atoms with van der Waals surface area (Å²) in [6.07, 6.45) is 3.56. The number of aromatic nitrogens is 5. The van der Waals surface area contributed by atoms with E-state index in [1.165, 1.54) is 5.56 Å². The van der Waals surface area contributed by atoms with E-state index in [4.69, 9.17) is 4.98 Å². The van der Waals surface area contributed by atoms with Crippen LogP contribution in [0.3, 0.4) is 0 Å². The Balaban J connectivity index is 1.45. The molecule has 0 N–H and O–H groups in total. The maximum absolute atomic E-state index is 4.78. The normalized spacial score (nSPS) is 11.1. The van der Waals surface area contributed by atoms with Gasteiger partial charge in [0.1, 0.15) is 0 Å². The first kappa shape index (κ1) is 18.5. The molecule has 0 atom stereocenters. The minimum atomic E-state index is 0.707. The van der Waals surface area contributed by atoms with E-state index in [0.29, 0.717) is 6.54 Å². The third kappa shape index (κ3) is 3.95. The zero-order valence-electron chi connectivity index (χ0n) is 16.2. The van der Waals surface area contributed by atoms with Gasteiger partial charge in [0.2, 0.25) is 0 Å². The van der Waals surface area contributed by atoms with Crippen molar-refractivity contribution in [1.29, 1.82) is 0 Å². The predicted molar refractivity (Wildman–Crippen MR) is 120 cm³/mol. The highest BCUT2D eigenvalue weighted by Crippen LogP contribution is 2.27. The number of rotatable bonds is 6. The first-order valence-corrected chi connectivity index (χ1v) is 10.7. The summed E-state index contributed by atoms with van der Waals surface area (Å²) in [5.74, 6) is 1.57. The molecule has 0 saturated heterocycles. The van der Waals surface area contributed by atoms with Gasteiger partial charge in [-0.15, -0.1) is 10.2 Å². The van der Waals surface area contributed by atoms with Crippen LogP contribution >= 0.6 is 11.8 Å². The van der Waals surface area contributed by atoms with Crippen molar-refractivity contribution in [3.05, 3.63) is 103 Å². The van der Waals surface area contributed by atoms with Crippen LogP contribution < -0.4 is 0 Å². The summed E-state index contributed by atoms with van der Waals surface area (Å²) in [7, 11) is 0. The Labute approximate surface area is 178 Å². The summed E-state index contributed by atoms with van der Waals surface area (Å²) in [5, 5.41) is 11.0. The van der Waals surface area contributed by atoms with Gasteiger partial charge in [0, 0.05) is 29.1 Å². The molecule has 5 rings (SSSR count). The second kappa shape index (κ2) is 8.47.